The van der Waals surface area contributed by atoms with Crippen LogP contribution in [0.2, 0.25) is 0 Å². The second-order valence-corrected chi connectivity index (χ2v) is 5.94. The Bertz CT molecular complexity index is 647. The maximum absolute atomic E-state index is 11.8. The van der Waals surface area contributed by atoms with Gasteiger partial charge in [-0.2, -0.15) is 16.1 Å². The van der Waals surface area contributed by atoms with Crippen LogP contribution in [0, 0.1) is 0 Å². The number of urea groups is 1. The van der Waals surface area contributed by atoms with Gasteiger partial charge >= 0.3 is 6.03 Å². The molecule has 3 rings (SSSR count). The van der Waals surface area contributed by atoms with E-state index >= 15 is 0 Å². The van der Waals surface area contributed by atoms with Gasteiger partial charge in [0.05, 0.1) is 0 Å². The zero-order chi connectivity index (χ0) is 15.4. The van der Waals surface area contributed by atoms with Crippen molar-refractivity contribution in [3.63, 3.8) is 0 Å². The van der Waals surface area contributed by atoms with Gasteiger partial charge in [-0.3, -0.25) is 10.1 Å². The maximum Gasteiger partial charge on any atom is 0.321 e. The normalized spacial score (nSPS) is 14.9. The van der Waals surface area contributed by atoms with Crippen LogP contribution in [0.1, 0.15) is 25.7 Å². The van der Waals surface area contributed by atoms with Crippen LogP contribution < -0.4 is 10.6 Å². The monoisotopic (exact) mass is 320 g/mol. The Labute approximate surface area is 130 Å². The summed E-state index contributed by atoms with van der Waals surface area (Å²) in [4.78, 5) is 24.6. The van der Waals surface area contributed by atoms with E-state index in [2.05, 4.69) is 26.0 Å². The van der Waals surface area contributed by atoms with Crippen LogP contribution in [0.4, 0.5) is 4.79 Å². The van der Waals surface area contributed by atoms with Gasteiger partial charge in [-0.25, -0.2) is 4.79 Å². The van der Waals surface area contributed by atoms with Gasteiger partial charge in [0.15, 0.2) is 0 Å². The molecule has 1 aliphatic rings. The third-order valence-corrected chi connectivity index (χ3v) is 4.14. The van der Waals surface area contributed by atoms with E-state index in [1.807, 2.05) is 16.8 Å². The van der Waals surface area contributed by atoms with Crippen molar-refractivity contribution in [3.05, 3.63) is 16.8 Å². The molecule has 0 aliphatic heterocycles. The third-order valence-electron chi connectivity index (χ3n) is 3.46. The van der Waals surface area contributed by atoms with Gasteiger partial charge in [0.2, 0.25) is 5.82 Å². The smallest absolute Gasteiger partial charge is 0.321 e. The predicted octanol–water partition coefficient (Wildman–Crippen LogP) is 1.17. The van der Waals surface area contributed by atoms with Crippen molar-refractivity contribution in [2.24, 2.45) is 0 Å². The lowest BCUT2D eigenvalue weighted by molar-refractivity contribution is -0.121. The number of aromatic nitrogens is 4. The molecule has 0 atom stereocenters. The van der Waals surface area contributed by atoms with Crippen molar-refractivity contribution < 1.29 is 9.59 Å². The minimum atomic E-state index is -0.468. The molecule has 0 aromatic carbocycles. The summed E-state index contributed by atoms with van der Waals surface area (Å²) in [6.45, 7) is -0.144. The first-order chi connectivity index (χ1) is 10.7. The first-order valence-corrected chi connectivity index (χ1v) is 8.06. The zero-order valence-electron chi connectivity index (χ0n) is 11.9. The van der Waals surface area contributed by atoms with Gasteiger partial charge in [-0.05, 0) is 29.5 Å². The number of nitrogens with zero attached hydrogens (tertiary/aromatic N) is 4. The van der Waals surface area contributed by atoms with E-state index in [-0.39, 0.29) is 12.6 Å². The van der Waals surface area contributed by atoms with Gasteiger partial charge in [-0.15, -0.1) is 10.2 Å². The first-order valence-electron chi connectivity index (χ1n) is 7.11. The highest BCUT2D eigenvalue weighted by Gasteiger charge is 2.18. The van der Waals surface area contributed by atoms with Crippen LogP contribution in [-0.2, 0) is 11.3 Å². The molecule has 1 aliphatic carbocycles. The summed E-state index contributed by atoms with van der Waals surface area (Å²) in [5.41, 5.74) is 0.857. The van der Waals surface area contributed by atoms with Gasteiger partial charge in [0.1, 0.15) is 6.54 Å². The van der Waals surface area contributed by atoms with Crippen molar-refractivity contribution in [1.82, 2.24) is 30.8 Å². The van der Waals surface area contributed by atoms with E-state index in [0.29, 0.717) is 5.82 Å². The summed E-state index contributed by atoms with van der Waals surface area (Å²) in [6, 6.07) is 1.58. The topological polar surface area (TPSA) is 102 Å². The van der Waals surface area contributed by atoms with Crippen molar-refractivity contribution in [2.45, 2.75) is 38.3 Å². The number of hydrogen-bond donors (Lipinski definition) is 2. The molecule has 8 nitrogen and oxygen atoms in total. The summed E-state index contributed by atoms with van der Waals surface area (Å²) in [6.07, 6.45) is 4.17. The SMILES string of the molecule is O=C(Cn1nnc(-c2ccsc2)n1)NC(=O)NC1CCCC1. The first kappa shape index (κ1) is 14.6. The lowest BCUT2D eigenvalue weighted by atomic mass is 10.2. The number of hydrogen-bond acceptors (Lipinski definition) is 6. The van der Waals surface area contributed by atoms with E-state index in [4.69, 9.17) is 0 Å². The quantitative estimate of drug-likeness (QED) is 0.880. The summed E-state index contributed by atoms with van der Waals surface area (Å²) in [7, 11) is 0. The van der Waals surface area contributed by atoms with Crippen molar-refractivity contribution in [1.29, 1.82) is 0 Å². The van der Waals surface area contributed by atoms with Crippen molar-refractivity contribution >= 4 is 23.3 Å². The minimum Gasteiger partial charge on any atom is -0.335 e. The highest BCUT2D eigenvalue weighted by molar-refractivity contribution is 7.08. The lowest BCUT2D eigenvalue weighted by Gasteiger charge is -2.11. The highest BCUT2D eigenvalue weighted by Crippen LogP contribution is 2.17. The number of rotatable bonds is 4. The number of amides is 3. The number of nitrogens with one attached hydrogen (secondary N) is 2. The fourth-order valence-corrected chi connectivity index (χ4v) is 3.04. The number of carbonyl (C=O) groups excluding carboxylic acids is 2. The van der Waals surface area contributed by atoms with Gasteiger partial charge in [0.25, 0.3) is 5.91 Å². The Morgan fingerprint density at radius 2 is 2.18 bits per heavy atom. The van der Waals surface area contributed by atoms with E-state index in [1.165, 1.54) is 16.1 Å². The standard InChI is InChI=1S/C13H16N6O2S/c20-11(15-13(21)14-10-3-1-2-4-10)7-19-17-12(16-18-19)9-5-6-22-8-9/h5-6,8,10H,1-4,7H2,(H2,14,15,20,21). The van der Waals surface area contributed by atoms with E-state index in [0.717, 1.165) is 31.2 Å². The molecule has 2 aromatic heterocycles. The van der Waals surface area contributed by atoms with Crippen LogP contribution in [0.25, 0.3) is 11.4 Å². The largest absolute Gasteiger partial charge is 0.335 e. The van der Waals surface area contributed by atoms with Gasteiger partial charge in [-0.1, -0.05) is 12.8 Å². The van der Waals surface area contributed by atoms with Crippen LogP contribution in [0.15, 0.2) is 16.8 Å². The van der Waals surface area contributed by atoms with Crippen LogP contribution in [-0.4, -0.2) is 38.2 Å². The van der Waals surface area contributed by atoms with E-state index in [9.17, 15) is 9.59 Å². The molecule has 0 radical (unpaired) electrons. The molecule has 0 spiro atoms. The van der Waals surface area contributed by atoms with Crippen LogP contribution >= 0.6 is 11.3 Å². The van der Waals surface area contributed by atoms with Crippen molar-refractivity contribution in [3.8, 4) is 11.4 Å². The van der Waals surface area contributed by atoms with Crippen LogP contribution in [0.3, 0.4) is 0 Å². The number of imide groups is 1. The fraction of sp³-hybridized carbons (Fsp3) is 0.462. The second kappa shape index (κ2) is 6.65. The van der Waals surface area contributed by atoms with Crippen molar-refractivity contribution in [2.75, 3.05) is 0 Å². The summed E-state index contributed by atoms with van der Waals surface area (Å²) in [5.74, 6) is -0.00535. The number of thiophene rings is 1. The summed E-state index contributed by atoms with van der Waals surface area (Å²) >= 11 is 1.53. The number of tetrazole rings is 1. The molecule has 2 N–H and O–H groups in total. The molecule has 116 valence electrons. The molecule has 2 heterocycles. The molecular weight excluding hydrogens is 304 g/mol. The Kier molecular flexibility index (Phi) is 4.42. The predicted molar refractivity (Wildman–Crippen MR) is 80.1 cm³/mol. The Morgan fingerprint density at radius 1 is 1.36 bits per heavy atom. The molecule has 22 heavy (non-hydrogen) atoms. The molecule has 0 saturated heterocycles. The maximum atomic E-state index is 11.8. The molecular formula is C13H16N6O2S. The fourth-order valence-electron chi connectivity index (χ4n) is 2.40. The Morgan fingerprint density at radius 3 is 2.91 bits per heavy atom. The average molecular weight is 320 g/mol. The number of carbonyl (C=O) groups is 2. The Hall–Kier alpha value is -2.29. The molecule has 3 amide bonds. The molecule has 2 aromatic rings. The highest BCUT2D eigenvalue weighted by atomic mass is 32.1. The molecule has 9 heteroatoms. The van der Waals surface area contributed by atoms with Crippen LogP contribution in [0.5, 0.6) is 0 Å². The lowest BCUT2D eigenvalue weighted by Crippen LogP contribution is -2.44. The molecule has 0 bridgehead atoms. The minimum absolute atomic E-state index is 0.144. The molecule has 0 unspecified atom stereocenters. The van der Waals surface area contributed by atoms with Gasteiger partial charge in [0, 0.05) is 17.0 Å². The Balaban J connectivity index is 1.50. The average Bonchev–Trinajstić information content (AvgIpc) is 3.19. The molecule has 1 saturated carbocycles. The zero-order valence-corrected chi connectivity index (χ0v) is 12.7. The third kappa shape index (κ3) is 3.67. The molecule has 1 fully saturated rings. The van der Waals surface area contributed by atoms with E-state index < -0.39 is 11.9 Å². The van der Waals surface area contributed by atoms with E-state index in [1.54, 1.807) is 0 Å². The van der Waals surface area contributed by atoms with Gasteiger partial charge < -0.3 is 5.32 Å². The summed E-state index contributed by atoms with van der Waals surface area (Å²) < 4.78 is 0. The second-order valence-electron chi connectivity index (χ2n) is 5.16. The summed E-state index contributed by atoms with van der Waals surface area (Å²) in [5, 5.41) is 20.7.